The third-order valence-corrected chi connectivity index (χ3v) is 5.50. The lowest BCUT2D eigenvalue weighted by Gasteiger charge is -2.31. The monoisotopic (exact) mass is 370 g/mol. The highest BCUT2D eigenvalue weighted by Gasteiger charge is 2.46. The average Bonchev–Trinajstić information content (AvgIpc) is 2.87. The molecule has 0 radical (unpaired) electrons. The van der Waals surface area contributed by atoms with E-state index in [0.717, 1.165) is 35.8 Å². The minimum atomic E-state index is -0.715. The summed E-state index contributed by atoms with van der Waals surface area (Å²) in [5.41, 5.74) is 0.0311. The zero-order valence-corrected chi connectivity index (χ0v) is 13.8. The highest BCUT2D eigenvalue weighted by atomic mass is 79.9. The Morgan fingerprint density at radius 1 is 1.24 bits per heavy atom. The summed E-state index contributed by atoms with van der Waals surface area (Å²) in [5.74, 6) is -0.0554. The summed E-state index contributed by atoms with van der Waals surface area (Å²) in [6, 6.07) is 5.45. The van der Waals surface area contributed by atoms with Crippen molar-refractivity contribution >= 4 is 45.0 Å². The fourth-order valence-electron chi connectivity index (χ4n) is 3.17. The van der Waals surface area contributed by atoms with Crippen LogP contribution in [0.3, 0.4) is 0 Å². The number of hydrogen-bond donors (Lipinski definition) is 1. The standard InChI is InChI=1S/C15H16BrClN2O2/c16-11-4-3-10(9-12(11)17)19-8-5-13(20)18-15(14(19)21)6-1-2-7-15/h3-4,9H,1-2,5-8H2,(H,18,20). The lowest BCUT2D eigenvalue weighted by Crippen LogP contribution is -2.55. The van der Waals surface area contributed by atoms with Crippen LogP contribution in [0.15, 0.2) is 22.7 Å². The third kappa shape index (κ3) is 2.69. The number of nitrogens with one attached hydrogen (secondary N) is 1. The van der Waals surface area contributed by atoms with Gasteiger partial charge in [-0.2, -0.15) is 0 Å². The summed E-state index contributed by atoms with van der Waals surface area (Å²) in [6.45, 7) is 0.393. The van der Waals surface area contributed by atoms with E-state index in [1.54, 1.807) is 11.0 Å². The van der Waals surface area contributed by atoms with Crippen LogP contribution in [0.4, 0.5) is 5.69 Å². The van der Waals surface area contributed by atoms with E-state index in [2.05, 4.69) is 21.2 Å². The summed E-state index contributed by atoms with van der Waals surface area (Å²) < 4.78 is 0.792. The number of anilines is 1. The third-order valence-electron chi connectivity index (χ3n) is 4.27. The van der Waals surface area contributed by atoms with Crippen LogP contribution in [0, 0.1) is 0 Å². The summed E-state index contributed by atoms with van der Waals surface area (Å²) in [4.78, 5) is 26.6. The van der Waals surface area contributed by atoms with E-state index < -0.39 is 5.54 Å². The van der Waals surface area contributed by atoms with Crippen molar-refractivity contribution in [2.45, 2.75) is 37.6 Å². The number of carbonyl (C=O) groups is 2. The van der Waals surface area contributed by atoms with Crippen molar-refractivity contribution in [3.8, 4) is 0 Å². The van der Waals surface area contributed by atoms with Crippen molar-refractivity contribution in [1.29, 1.82) is 0 Å². The Kier molecular flexibility index (Phi) is 3.97. The van der Waals surface area contributed by atoms with Gasteiger partial charge in [0.05, 0.1) is 5.02 Å². The Morgan fingerprint density at radius 2 is 1.95 bits per heavy atom. The Labute approximate surface area is 137 Å². The van der Waals surface area contributed by atoms with E-state index in [1.807, 2.05) is 12.1 Å². The molecule has 0 bridgehead atoms. The minimum absolute atomic E-state index is 0.00996. The second kappa shape index (κ2) is 5.61. The van der Waals surface area contributed by atoms with E-state index in [0.29, 0.717) is 18.0 Å². The zero-order chi connectivity index (χ0) is 15.0. The van der Waals surface area contributed by atoms with Crippen molar-refractivity contribution in [2.75, 3.05) is 11.4 Å². The van der Waals surface area contributed by atoms with Gasteiger partial charge in [-0.15, -0.1) is 0 Å². The first kappa shape index (κ1) is 14.9. The molecule has 4 nitrogen and oxygen atoms in total. The van der Waals surface area contributed by atoms with Gasteiger partial charge in [0.25, 0.3) is 5.91 Å². The fourth-order valence-corrected chi connectivity index (χ4v) is 3.59. The van der Waals surface area contributed by atoms with E-state index in [4.69, 9.17) is 11.6 Å². The molecule has 1 saturated heterocycles. The molecule has 1 N–H and O–H groups in total. The quantitative estimate of drug-likeness (QED) is 0.823. The number of amides is 2. The van der Waals surface area contributed by atoms with Gasteiger partial charge in [-0.1, -0.05) is 24.4 Å². The molecular formula is C15H16BrClN2O2. The Morgan fingerprint density at radius 3 is 2.62 bits per heavy atom. The first-order valence-electron chi connectivity index (χ1n) is 7.10. The summed E-state index contributed by atoms with van der Waals surface area (Å²) in [5, 5.41) is 3.52. The van der Waals surface area contributed by atoms with E-state index in [1.165, 1.54) is 0 Å². The molecule has 1 heterocycles. The van der Waals surface area contributed by atoms with Crippen LogP contribution in [-0.2, 0) is 9.59 Å². The molecule has 2 fully saturated rings. The van der Waals surface area contributed by atoms with Gasteiger partial charge in [-0.05, 0) is 47.0 Å². The maximum Gasteiger partial charge on any atom is 0.252 e. The minimum Gasteiger partial charge on any atom is -0.342 e. The van der Waals surface area contributed by atoms with Crippen molar-refractivity contribution in [3.05, 3.63) is 27.7 Å². The molecular weight excluding hydrogens is 356 g/mol. The molecule has 1 spiro atoms. The van der Waals surface area contributed by atoms with Crippen LogP contribution < -0.4 is 10.2 Å². The highest BCUT2D eigenvalue weighted by molar-refractivity contribution is 9.10. The Balaban J connectivity index is 1.98. The smallest absolute Gasteiger partial charge is 0.252 e. The van der Waals surface area contributed by atoms with Gasteiger partial charge in [0, 0.05) is 23.1 Å². The largest absolute Gasteiger partial charge is 0.342 e. The van der Waals surface area contributed by atoms with Gasteiger partial charge < -0.3 is 10.2 Å². The molecule has 1 aromatic rings. The highest BCUT2D eigenvalue weighted by Crippen LogP contribution is 2.36. The predicted octanol–water partition coefficient (Wildman–Crippen LogP) is 3.27. The molecule has 3 rings (SSSR count). The predicted molar refractivity (Wildman–Crippen MR) is 85.5 cm³/mol. The molecule has 0 atom stereocenters. The number of nitrogens with zero attached hydrogens (tertiary/aromatic N) is 1. The van der Waals surface area contributed by atoms with Gasteiger partial charge in [-0.25, -0.2) is 0 Å². The number of rotatable bonds is 1. The fraction of sp³-hybridized carbons (Fsp3) is 0.467. The molecule has 0 unspecified atom stereocenters. The molecule has 1 aliphatic carbocycles. The molecule has 0 aromatic heterocycles. The lowest BCUT2D eigenvalue weighted by molar-refractivity contribution is -0.129. The Bertz CT molecular complexity index is 599. The van der Waals surface area contributed by atoms with Crippen LogP contribution in [0.2, 0.25) is 5.02 Å². The first-order chi connectivity index (χ1) is 10.0. The van der Waals surface area contributed by atoms with E-state index in [-0.39, 0.29) is 11.8 Å². The average molecular weight is 372 g/mol. The van der Waals surface area contributed by atoms with Crippen LogP contribution in [-0.4, -0.2) is 23.9 Å². The van der Waals surface area contributed by atoms with Crippen LogP contribution in [0.5, 0.6) is 0 Å². The molecule has 2 amide bonds. The van der Waals surface area contributed by atoms with Crippen LogP contribution >= 0.6 is 27.5 Å². The van der Waals surface area contributed by atoms with Gasteiger partial charge in [0.15, 0.2) is 0 Å². The second-order valence-electron chi connectivity index (χ2n) is 5.64. The lowest BCUT2D eigenvalue weighted by atomic mass is 9.95. The maximum atomic E-state index is 13.0. The number of hydrogen-bond acceptors (Lipinski definition) is 2. The number of halogens is 2. The van der Waals surface area contributed by atoms with Crippen LogP contribution in [0.25, 0.3) is 0 Å². The molecule has 1 aliphatic heterocycles. The van der Waals surface area contributed by atoms with Gasteiger partial charge >= 0.3 is 0 Å². The first-order valence-corrected chi connectivity index (χ1v) is 8.27. The SMILES string of the molecule is O=C1CCN(c2ccc(Br)c(Cl)c2)C(=O)C2(CCCC2)N1. The number of carbonyl (C=O) groups excluding carboxylic acids is 2. The second-order valence-corrected chi connectivity index (χ2v) is 6.90. The van der Waals surface area contributed by atoms with Crippen molar-refractivity contribution in [3.63, 3.8) is 0 Å². The number of benzene rings is 1. The van der Waals surface area contributed by atoms with Crippen LogP contribution in [0.1, 0.15) is 32.1 Å². The summed E-state index contributed by atoms with van der Waals surface area (Å²) in [7, 11) is 0. The molecule has 21 heavy (non-hydrogen) atoms. The maximum absolute atomic E-state index is 13.0. The molecule has 1 aromatic carbocycles. The van der Waals surface area contributed by atoms with E-state index >= 15 is 0 Å². The molecule has 2 aliphatic rings. The van der Waals surface area contributed by atoms with Gasteiger partial charge in [0.2, 0.25) is 5.91 Å². The Hall–Kier alpha value is -1.07. The van der Waals surface area contributed by atoms with E-state index in [9.17, 15) is 9.59 Å². The summed E-state index contributed by atoms with van der Waals surface area (Å²) in [6.07, 6.45) is 3.71. The molecule has 112 valence electrons. The molecule has 6 heteroatoms. The zero-order valence-electron chi connectivity index (χ0n) is 11.5. The van der Waals surface area contributed by atoms with Crippen molar-refractivity contribution in [2.24, 2.45) is 0 Å². The van der Waals surface area contributed by atoms with Gasteiger partial charge in [0.1, 0.15) is 5.54 Å². The van der Waals surface area contributed by atoms with Gasteiger partial charge in [-0.3, -0.25) is 9.59 Å². The van der Waals surface area contributed by atoms with Crippen molar-refractivity contribution in [1.82, 2.24) is 5.32 Å². The van der Waals surface area contributed by atoms with Crippen molar-refractivity contribution < 1.29 is 9.59 Å². The normalized spacial score (nSPS) is 21.5. The summed E-state index contributed by atoms with van der Waals surface area (Å²) >= 11 is 9.49. The molecule has 1 saturated carbocycles. The topological polar surface area (TPSA) is 49.4 Å².